The molecule has 3 nitrogen and oxygen atoms in total. The van der Waals surface area contributed by atoms with Gasteiger partial charge in [0, 0.05) is 51.6 Å². The van der Waals surface area contributed by atoms with Crippen LogP contribution in [0.5, 0.6) is 0 Å². The number of carbonyl (C=O) groups excluding carboxylic acids is 1. The number of nitrogens with zero attached hydrogens (tertiary/aromatic N) is 2. The molecule has 1 aromatic rings. The van der Waals surface area contributed by atoms with E-state index in [-0.39, 0.29) is 5.82 Å². The second-order valence-corrected chi connectivity index (χ2v) is 6.21. The van der Waals surface area contributed by atoms with Crippen molar-refractivity contribution in [1.29, 1.82) is 0 Å². The van der Waals surface area contributed by atoms with E-state index in [2.05, 4.69) is 9.80 Å². The fraction of sp³-hybridized carbons (Fsp3) is 0.588. The van der Waals surface area contributed by atoms with Crippen LogP contribution in [0.25, 0.3) is 0 Å². The van der Waals surface area contributed by atoms with Gasteiger partial charge < -0.3 is 0 Å². The molecule has 114 valence electrons. The van der Waals surface area contributed by atoms with Crippen molar-refractivity contribution in [1.82, 2.24) is 9.80 Å². The first kappa shape index (κ1) is 14.7. The van der Waals surface area contributed by atoms with Gasteiger partial charge in [-0.1, -0.05) is 12.1 Å². The van der Waals surface area contributed by atoms with Gasteiger partial charge in [-0.15, -0.1) is 0 Å². The van der Waals surface area contributed by atoms with Gasteiger partial charge in [0.1, 0.15) is 11.6 Å². The Morgan fingerprint density at radius 1 is 1.00 bits per heavy atom. The summed E-state index contributed by atoms with van der Waals surface area (Å²) in [5, 5.41) is 0. The number of rotatable bonds is 3. The molecule has 3 rings (SSSR count). The quantitative estimate of drug-likeness (QED) is 0.854. The van der Waals surface area contributed by atoms with Crippen molar-refractivity contribution in [2.45, 2.75) is 38.3 Å². The molecule has 1 aliphatic carbocycles. The van der Waals surface area contributed by atoms with Crippen LogP contribution in [0.3, 0.4) is 0 Å². The molecule has 1 heterocycles. The molecular weight excluding hydrogens is 267 g/mol. The Hall–Kier alpha value is -1.26. The number of piperazine rings is 1. The maximum Gasteiger partial charge on any atom is 0.133 e. The third-order valence-electron chi connectivity index (χ3n) is 4.76. The number of carbonyl (C=O) groups is 1. The zero-order valence-corrected chi connectivity index (χ0v) is 12.4. The van der Waals surface area contributed by atoms with E-state index in [0.717, 1.165) is 58.4 Å². The SMILES string of the molecule is O=C1CCC(N2CCN(Cc3ccc(F)cc3)CC2)CC1. The van der Waals surface area contributed by atoms with E-state index in [9.17, 15) is 9.18 Å². The summed E-state index contributed by atoms with van der Waals surface area (Å²) in [6, 6.07) is 7.41. The minimum Gasteiger partial charge on any atom is -0.300 e. The maximum atomic E-state index is 12.9. The summed E-state index contributed by atoms with van der Waals surface area (Å²) in [4.78, 5) is 16.3. The van der Waals surface area contributed by atoms with Gasteiger partial charge in [0.15, 0.2) is 0 Å². The zero-order valence-electron chi connectivity index (χ0n) is 12.4. The number of hydrogen-bond donors (Lipinski definition) is 0. The molecule has 21 heavy (non-hydrogen) atoms. The Labute approximate surface area is 125 Å². The predicted octanol–water partition coefficient (Wildman–Crippen LogP) is 2.46. The number of benzene rings is 1. The number of Topliss-reactive ketones (excluding diaryl/α,β-unsaturated/α-hetero) is 1. The molecule has 0 unspecified atom stereocenters. The van der Waals surface area contributed by atoms with Crippen LogP contribution in [-0.4, -0.2) is 47.8 Å². The lowest BCUT2D eigenvalue weighted by atomic mass is 9.93. The lowest BCUT2D eigenvalue weighted by Gasteiger charge is -2.40. The van der Waals surface area contributed by atoms with Crippen LogP contribution < -0.4 is 0 Å². The number of ketones is 1. The monoisotopic (exact) mass is 290 g/mol. The van der Waals surface area contributed by atoms with Crippen LogP contribution in [0.1, 0.15) is 31.2 Å². The lowest BCUT2D eigenvalue weighted by molar-refractivity contribution is -0.121. The molecule has 2 aliphatic rings. The van der Waals surface area contributed by atoms with Gasteiger partial charge >= 0.3 is 0 Å². The van der Waals surface area contributed by atoms with Crippen molar-refractivity contribution < 1.29 is 9.18 Å². The van der Waals surface area contributed by atoms with E-state index in [1.54, 1.807) is 0 Å². The van der Waals surface area contributed by atoms with Crippen molar-refractivity contribution >= 4 is 5.78 Å². The van der Waals surface area contributed by atoms with Gasteiger partial charge in [0.2, 0.25) is 0 Å². The van der Waals surface area contributed by atoms with Crippen molar-refractivity contribution in [2.24, 2.45) is 0 Å². The van der Waals surface area contributed by atoms with Crippen LogP contribution >= 0.6 is 0 Å². The first-order valence-corrected chi connectivity index (χ1v) is 7.93. The average molecular weight is 290 g/mol. The van der Waals surface area contributed by atoms with Gasteiger partial charge in [-0.05, 0) is 30.5 Å². The fourth-order valence-electron chi connectivity index (χ4n) is 3.42. The van der Waals surface area contributed by atoms with Crippen molar-refractivity contribution in [2.75, 3.05) is 26.2 Å². The smallest absolute Gasteiger partial charge is 0.133 e. The Balaban J connectivity index is 1.46. The molecule has 0 bridgehead atoms. The van der Waals surface area contributed by atoms with Crippen LogP contribution in [0, 0.1) is 5.82 Å². The Morgan fingerprint density at radius 3 is 2.24 bits per heavy atom. The summed E-state index contributed by atoms with van der Waals surface area (Å²) in [7, 11) is 0. The molecule has 0 N–H and O–H groups in total. The third kappa shape index (κ3) is 3.89. The maximum absolute atomic E-state index is 12.9. The molecule has 4 heteroatoms. The Bertz CT molecular complexity index is 470. The van der Waals surface area contributed by atoms with Gasteiger partial charge in [-0.2, -0.15) is 0 Å². The normalized spacial score (nSPS) is 22.6. The van der Waals surface area contributed by atoms with Crippen molar-refractivity contribution in [3.05, 3.63) is 35.6 Å². The van der Waals surface area contributed by atoms with Gasteiger partial charge in [0.25, 0.3) is 0 Å². The molecule has 1 saturated heterocycles. The summed E-state index contributed by atoms with van der Waals surface area (Å²) in [6.45, 7) is 5.18. The van der Waals surface area contributed by atoms with Crippen LogP contribution in [0.4, 0.5) is 4.39 Å². The number of halogens is 1. The Morgan fingerprint density at radius 2 is 1.62 bits per heavy atom. The zero-order chi connectivity index (χ0) is 14.7. The minimum absolute atomic E-state index is 0.171. The highest BCUT2D eigenvalue weighted by Gasteiger charge is 2.27. The first-order valence-electron chi connectivity index (χ1n) is 7.93. The standard InChI is InChI=1S/C17H23FN2O/c18-15-3-1-14(2-4-15)13-19-9-11-20(12-10-19)16-5-7-17(21)8-6-16/h1-4,16H,5-13H2. The van der Waals surface area contributed by atoms with E-state index in [1.165, 1.54) is 17.7 Å². The second-order valence-electron chi connectivity index (χ2n) is 6.21. The molecule has 0 spiro atoms. The minimum atomic E-state index is -0.171. The summed E-state index contributed by atoms with van der Waals surface area (Å²) in [5.41, 5.74) is 1.17. The molecule has 1 aromatic carbocycles. The highest BCUT2D eigenvalue weighted by Crippen LogP contribution is 2.22. The summed E-state index contributed by atoms with van der Waals surface area (Å²) in [5.74, 6) is 0.261. The van der Waals surface area contributed by atoms with Crippen molar-refractivity contribution in [3.63, 3.8) is 0 Å². The fourth-order valence-corrected chi connectivity index (χ4v) is 3.42. The van der Waals surface area contributed by atoms with Gasteiger partial charge in [-0.25, -0.2) is 4.39 Å². The molecule has 0 radical (unpaired) electrons. The van der Waals surface area contributed by atoms with E-state index in [0.29, 0.717) is 11.8 Å². The topological polar surface area (TPSA) is 23.6 Å². The first-order chi connectivity index (χ1) is 10.2. The number of hydrogen-bond acceptors (Lipinski definition) is 3. The second kappa shape index (κ2) is 6.67. The van der Waals surface area contributed by atoms with Gasteiger partial charge in [0.05, 0.1) is 0 Å². The summed E-state index contributed by atoms with van der Waals surface area (Å²) >= 11 is 0. The average Bonchev–Trinajstić information content (AvgIpc) is 2.51. The molecule has 0 atom stereocenters. The van der Waals surface area contributed by atoms with Gasteiger partial charge in [-0.3, -0.25) is 14.6 Å². The predicted molar refractivity (Wildman–Crippen MR) is 80.5 cm³/mol. The van der Waals surface area contributed by atoms with E-state index in [4.69, 9.17) is 0 Å². The third-order valence-corrected chi connectivity index (χ3v) is 4.76. The Kier molecular flexibility index (Phi) is 4.66. The van der Waals surface area contributed by atoms with Crippen molar-refractivity contribution in [3.8, 4) is 0 Å². The summed E-state index contributed by atoms with van der Waals surface area (Å²) in [6.07, 6.45) is 3.61. The largest absolute Gasteiger partial charge is 0.300 e. The van der Waals surface area contributed by atoms with E-state index in [1.807, 2.05) is 12.1 Å². The molecule has 0 amide bonds. The van der Waals surface area contributed by atoms with Crippen LogP contribution in [0.15, 0.2) is 24.3 Å². The lowest BCUT2D eigenvalue weighted by Crippen LogP contribution is -2.50. The molecule has 0 aromatic heterocycles. The van der Waals surface area contributed by atoms with E-state index >= 15 is 0 Å². The van der Waals surface area contributed by atoms with Crippen LogP contribution in [0.2, 0.25) is 0 Å². The highest BCUT2D eigenvalue weighted by atomic mass is 19.1. The molecule has 1 saturated carbocycles. The summed E-state index contributed by atoms with van der Waals surface area (Å²) < 4.78 is 12.9. The molecule has 2 fully saturated rings. The van der Waals surface area contributed by atoms with Crippen LogP contribution in [-0.2, 0) is 11.3 Å². The van der Waals surface area contributed by atoms with E-state index < -0.39 is 0 Å². The molecular formula is C17H23FN2O. The highest BCUT2D eigenvalue weighted by molar-refractivity contribution is 5.79. The molecule has 1 aliphatic heterocycles.